The summed E-state index contributed by atoms with van der Waals surface area (Å²) in [4.78, 5) is 13.6. The van der Waals surface area contributed by atoms with Crippen molar-refractivity contribution in [3.8, 4) is 0 Å². The van der Waals surface area contributed by atoms with Crippen LogP contribution in [0.25, 0.3) is 10.9 Å². The molecule has 1 N–H and O–H groups in total. The van der Waals surface area contributed by atoms with Gasteiger partial charge >= 0.3 is 6.18 Å². The van der Waals surface area contributed by atoms with Crippen molar-refractivity contribution in [2.45, 2.75) is 13.1 Å². The number of benzene rings is 1. The Hall–Kier alpha value is -1.30. The van der Waals surface area contributed by atoms with Crippen LogP contribution in [0.15, 0.2) is 22.7 Å². The molecule has 0 unspecified atom stereocenters. The van der Waals surface area contributed by atoms with Gasteiger partial charge in [0.25, 0.3) is 0 Å². The molecule has 0 saturated heterocycles. The summed E-state index contributed by atoms with van der Waals surface area (Å²) in [6, 6.07) is 4.60. The highest BCUT2D eigenvalue weighted by Gasteiger charge is 2.37. The van der Waals surface area contributed by atoms with Gasteiger partial charge in [0.05, 0.1) is 5.56 Å². The van der Waals surface area contributed by atoms with E-state index < -0.39 is 17.7 Å². The Morgan fingerprint density at radius 3 is 2.53 bits per heavy atom. The van der Waals surface area contributed by atoms with Crippen molar-refractivity contribution in [2.24, 2.45) is 0 Å². The molecule has 1 aromatic carbocycles. The first-order chi connectivity index (χ1) is 7.80. The molecular formula is C11H7BrF3NO. The van der Waals surface area contributed by atoms with Crippen molar-refractivity contribution in [3.05, 3.63) is 33.9 Å². The molecule has 0 spiro atoms. The molecule has 0 bridgehead atoms. The summed E-state index contributed by atoms with van der Waals surface area (Å²) in [5.41, 5.74) is -1.00. The minimum Gasteiger partial charge on any atom is -0.350 e. The van der Waals surface area contributed by atoms with E-state index in [1.165, 1.54) is 12.1 Å². The normalized spacial score (nSPS) is 12.1. The smallest absolute Gasteiger partial charge is 0.350 e. The fourth-order valence-electron chi connectivity index (χ4n) is 1.75. The Labute approximate surface area is 103 Å². The lowest BCUT2D eigenvalue weighted by molar-refractivity contribution is -0.140. The second kappa shape index (κ2) is 3.87. The van der Waals surface area contributed by atoms with Crippen LogP contribution in [-0.2, 0) is 6.18 Å². The maximum Gasteiger partial charge on any atom is 0.431 e. The number of fused-ring (bicyclic) bond motifs is 1. The van der Waals surface area contributed by atoms with E-state index in [9.17, 15) is 18.0 Å². The van der Waals surface area contributed by atoms with Crippen LogP contribution in [0.1, 0.15) is 23.0 Å². The van der Waals surface area contributed by atoms with Crippen LogP contribution < -0.4 is 0 Å². The van der Waals surface area contributed by atoms with E-state index in [0.717, 1.165) is 6.92 Å². The van der Waals surface area contributed by atoms with Crippen LogP contribution in [0.3, 0.4) is 0 Å². The number of halogens is 4. The number of ketones is 1. The quantitative estimate of drug-likeness (QED) is 0.789. The highest BCUT2D eigenvalue weighted by Crippen LogP contribution is 2.36. The maximum atomic E-state index is 12.8. The van der Waals surface area contributed by atoms with Gasteiger partial charge in [0.15, 0.2) is 5.78 Å². The summed E-state index contributed by atoms with van der Waals surface area (Å²) < 4.78 is 38.9. The third kappa shape index (κ3) is 2.09. The predicted molar refractivity (Wildman–Crippen MR) is 61.0 cm³/mol. The van der Waals surface area contributed by atoms with Crippen LogP contribution in [0.2, 0.25) is 0 Å². The number of carbonyl (C=O) groups excluding carboxylic acids is 1. The Kier molecular flexibility index (Phi) is 2.77. The van der Waals surface area contributed by atoms with Crippen molar-refractivity contribution >= 4 is 32.6 Å². The number of aromatic amines is 1. The van der Waals surface area contributed by atoms with Crippen LogP contribution >= 0.6 is 15.9 Å². The van der Waals surface area contributed by atoms with Crippen molar-refractivity contribution in [3.63, 3.8) is 0 Å². The monoisotopic (exact) mass is 305 g/mol. The molecular weight excluding hydrogens is 299 g/mol. The molecule has 0 fully saturated rings. The molecule has 0 aliphatic heterocycles. The first-order valence-electron chi connectivity index (χ1n) is 4.70. The second-order valence-corrected chi connectivity index (χ2v) is 4.53. The summed E-state index contributed by atoms with van der Waals surface area (Å²) in [6.07, 6.45) is -4.56. The zero-order chi connectivity index (χ0) is 12.8. The number of hydrogen-bond acceptors (Lipinski definition) is 1. The lowest BCUT2D eigenvalue weighted by atomic mass is 10.1. The molecule has 0 aliphatic carbocycles. The van der Waals surface area contributed by atoms with Gasteiger partial charge in [-0.3, -0.25) is 4.79 Å². The van der Waals surface area contributed by atoms with E-state index in [2.05, 4.69) is 20.9 Å². The van der Waals surface area contributed by atoms with Gasteiger partial charge in [0, 0.05) is 15.4 Å². The standard InChI is InChI=1S/C11H7BrF3NO/c1-5(17)9-7-3-2-6(12)4-8(7)16-10(9)11(13,14)15/h2-4,16H,1H3. The summed E-state index contributed by atoms with van der Waals surface area (Å²) in [5.74, 6) is -0.606. The first-order valence-corrected chi connectivity index (χ1v) is 5.49. The average Bonchev–Trinajstić information content (AvgIpc) is 2.55. The lowest BCUT2D eigenvalue weighted by Gasteiger charge is -2.05. The van der Waals surface area contributed by atoms with Crippen molar-refractivity contribution in [1.82, 2.24) is 4.98 Å². The molecule has 90 valence electrons. The van der Waals surface area contributed by atoms with E-state index in [-0.39, 0.29) is 16.5 Å². The third-order valence-electron chi connectivity index (χ3n) is 2.40. The molecule has 0 saturated carbocycles. The zero-order valence-electron chi connectivity index (χ0n) is 8.65. The molecule has 0 aliphatic rings. The minimum atomic E-state index is -4.56. The molecule has 1 heterocycles. The Balaban J connectivity index is 2.84. The van der Waals surface area contributed by atoms with E-state index in [1.807, 2.05) is 0 Å². The van der Waals surface area contributed by atoms with Crippen LogP contribution in [0.5, 0.6) is 0 Å². The van der Waals surface area contributed by atoms with E-state index in [0.29, 0.717) is 4.47 Å². The summed E-state index contributed by atoms with van der Waals surface area (Å²) in [7, 11) is 0. The largest absolute Gasteiger partial charge is 0.431 e. The Morgan fingerprint density at radius 2 is 2.00 bits per heavy atom. The lowest BCUT2D eigenvalue weighted by Crippen LogP contribution is -2.10. The van der Waals surface area contributed by atoms with Gasteiger partial charge in [-0.05, 0) is 19.1 Å². The number of carbonyl (C=O) groups is 1. The summed E-state index contributed by atoms with van der Waals surface area (Å²) in [6.45, 7) is 1.12. The third-order valence-corrected chi connectivity index (χ3v) is 2.89. The topological polar surface area (TPSA) is 32.9 Å². The fourth-order valence-corrected chi connectivity index (χ4v) is 2.11. The van der Waals surface area contributed by atoms with Crippen LogP contribution in [0, 0.1) is 0 Å². The van der Waals surface area contributed by atoms with E-state index in [1.54, 1.807) is 6.07 Å². The number of Topliss-reactive ketones (excluding diaryl/α,β-unsaturated/α-hetero) is 1. The molecule has 17 heavy (non-hydrogen) atoms. The van der Waals surface area contributed by atoms with Gasteiger partial charge < -0.3 is 4.98 Å². The molecule has 2 rings (SSSR count). The first kappa shape index (κ1) is 12.2. The van der Waals surface area contributed by atoms with Gasteiger partial charge in [-0.25, -0.2) is 0 Å². The number of nitrogens with one attached hydrogen (secondary N) is 1. The second-order valence-electron chi connectivity index (χ2n) is 3.62. The van der Waals surface area contributed by atoms with Gasteiger partial charge in [-0.15, -0.1) is 0 Å². The van der Waals surface area contributed by atoms with E-state index >= 15 is 0 Å². The predicted octanol–water partition coefficient (Wildman–Crippen LogP) is 4.15. The number of hydrogen-bond donors (Lipinski definition) is 1. The van der Waals surface area contributed by atoms with Crippen molar-refractivity contribution in [2.75, 3.05) is 0 Å². The molecule has 2 nitrogen and oxygen atoms in total. The van der Waals surface area contributed by atoms with Crippen molar-refractivity contribution in [1.29, 1.82) is 0 Å². The van der Waals surface area contributed by atoms with Crippen LogP contribution in [0.4, 0.5) is 13.2 Å². The van der Waals surface area contributed by atoms with E-state index in [4.69, 9.17) is 0 Å². The molecule has 0 atom stereocenters. The Morgan fingerprint density at radius 1 is 1.35 bits per heavy atom. The maximum absolute atomic E-state index is 12.8. The zero-order valence-corrected chi connectivity index (χ0v) is 10.2. The molecule has 6 heteroatoms. The number of aromatic nitrogens is 1. The number of H-pyrrole nitrogens is 1. The molecule has 1 aromatic heterocycles. The van der Waals surface area contributed by atoms with Crippen LogP contribution in [-0.4, -0.2) is 10.8 Å². The van der Waals surface area contributed by atoms with Crippen molar-refractivity contribution < 1.29 is 18.0 Å². The minimum absolute atomic E-state index is 0.285. The summed E-state index contributed by atoms with van der Waals surface area (Å²) >= 11 is 3.17. The molecule has 0 amide bonds. The Bertz CT molecular complexity index is 601. The van der Waals surface area contributed by atoms with Gasteiger partial charge in [0.1, 0.15) is 5.69 Å². The van der Waals surface area contributed by atoms with Gasteiger partial charge in [0.2, 0.25) is 0 Å². The highest BCUT2D eigenvalue weighted by molar-refractivity contribution is 9.10. The SMILES string of the molecule is CC(=O)c1c(C(F)(F)F)[nH]c2cc(Br)ccc12. The van der Waals surface area contributed by atoms with Gasteiger partial charge in [-0.2, -0.15) is 13.2 Å². The average molecular weight is 306 g/mol. The fraction of sp³-hybridized carbons (Fsp3) is 0.182. The summed E-state index contributed by atoms with van der Waals surface area (Å²) in [5, 5.41) is 0.285. The number of rotatable bonds is 1. The number of alkyl halides is 3. The highest BCUT2D eigenvalue weighted by atomic mass is 79.9. The molecule has 2 aromatic rings. The van der Waals surface area contributed by atoms with Gasteiger partial charge in [-0.1, -0.05) is 22.0 Å². The molecule has 0 radical (unpaired) electrons.